The largest absolute Gasteiger partial charge is 0.480 e. The number of nitrogens with zero attached hydrogens (tertiary/aromatic N) is 2. The first-order chi connectivity index (χ1) is 8.64. The zero-order valence-electron chi connectivity index (χ0n) is 12.0. The molecule has 0 aromatic heterocycles. The SMILES string of the molecule is CN(CC(=O)O)C(=O)C1CCCN1C(=O)C(C)(C)C. The van der Waals surface area contributed by atoms with Crippen molar-refractivity contribution in [3.63, 3.8) is 0 Å². The van der Waals surface area contributed by atoms with Gasteiger partial charge in [0.2, 0.25) is 11.8 Å². The van der Waals surface area contributed by atoms with E-state index in [1.807, 2.05) is 20.8 Å². The summed E-state index contributed by atoms with van der Waals surface area (Å²) < 4.78 is 0. The lowest BCUT2D eigenvalue weighted by Crippen LogP contribution is -2.50. The predicted molar refractivity (Wildman–Crippen MR) is 69.5 cm³/mol. The molecule has 0 aliphatic carbocycles. The molecule has 6 nitrogen and oxygen atoms in total. The van der Waals surface area contributed by atoms with Crippen LogP contribution in [0.1, 0.15) is 33.6 Å². The molecule has 1 unspecified atom stereocenters. The molecule has 0 radical (unpaired) electrons. The van der Waals surface area contributed by atoms with Gasteiger partial charge in [0.15, 0.2) is 0 Å². The molecule has 0 bridgehead atoms. The van der Waals surface area contributed by atoms with Crippen molar-refractivity contribution in [1.29, 1.82) is 0 Å². The highest BCUT2D eigenvalue weighted by Gasteiger charge is 2.39. The fourth-order valence-electron chi connectivity index (χ4n) is 2.23. The molecule has 0 saturated carbocycles. The van der Waals surface area contributed by atoms with Gasteiger partial charge in [0.05, 0.1) is 0 Å². The number of carbonyl (C=O) groups is 3. The summed E-state index contributed by atoms with van der Waals surface area (Å²) in [4.78, 5) is 37.8. The van der Waals surface area contributed by atoms with Crippen LogP contribution in [0.15, 0.2) is 0 Å². The second-order valence-corrected chi connectivity index (χ2v) is 5.99. The third kappa shape index (κ3) is 3.68. The van der Waals surface area contributed by atoms with Gasteiger partial charge in [-0.15, -0.1) is 0 Å². The average Bonchev–Trinajstić information content (AvgIpc) is 2.73. The number of likely N-dealkylation sites (N-methyl/N-ethyl adjacent to an activating group) is 1. The van der Waals surface area contributed by atoms with Crippen molar-refractivity contribution in [2.75, 3.05) is 20.1 Å². The zero-order chi connectivity index (χ0) is 14.8. The molecule has 1 fully saturated rings. The minimum atomic E-state index is -1.05. The van der Waals surface area contributed by atoms with Crippen molar-refractivity contribution in [3.8, 4) is 0 Å². The maximum absolute atomic E-state index is 12.3. The summed E-state index contributed by atoms with van der Waals surface area (Å²) in [6.45, 7) is 5.67. The van der Waals surface area contributed by atoms with Crippen LogP contribution >= 0.6 is 0 Å². The number of hydrogen-bond donors (Lipinski definition) is 1. The fourth-order valence-corrected chi connectivity index (χ4v) is 2.23. The topological polar surface area (TPSA) is 77.9 Å². The van der Waals surface area contributed by atoms with Crippen LogP contribution in [0.3, 0.4) is 0 Å². The summed E-state index contributed by atoms with van der Waals surface area (Å²) in [6, 6.07) is -0.518. The van der Waals surface area contributed by atoms with Crippen LogP contribution in [0.5, 0.6) is 0 Å². The second kappa shape index (κ2) is 5.59. The van der Waals surface area contributed by atoms with Crippen molar-refractivity contribution in [2.24, 2.45) is 5.41 Å². The number of carboxylic acid groups (broad SMARTS) is 1. The van der Waals surface area contributed by atoms with Crippen molar-refractivity contribution in [2.45, 2.75) is 39.7 Å². The summed E-state index contributed by atoms with van der Waals surface area (Å²) in [5.41, 5.74) is -0.533. The standard InChI is InChI=1S/C13H22N2O4/c1-13(2,3)12(19)15-7-5-6-9(15)11(18)14(4)8-10(16)17/h9H,5-8H2,1-4H3,(H,16,17). The van der Waals surface area contributed by atoms with Gasteiger partial charge in [-0.25, -0.2) is 0 Å². The van der Waals surface area contributed by atoms with E-state index in [2.05, 4.69) is 0 Å². The first kappa shape index (κ1) is 15.5. The summed E-state index contributed by atoms with van der Waals surface area (Å²) in [6.07, 6.45) is 1.38. The van der Waals surface area contributed by atoms with Gasteiger partial charge in [0.25, 0.3) is 0 Å². The van der Waals surface area contributed by atoms with E-state index in [0.717, 1.165) is 6.42 Å². The van der Waals surface area contributed by atoms with Crippen LogP contribution in [-0.4, -0.2) is 58.9 Å². The molecule has 0 aromatic rings. The fraction of sp³-hybridized carbons (Fsp3) is 0.769. The van der Waals surface area contributed by atoms with Gasteiger partial charge in [-0.1, -0.05) is 20.8 Å². The van der Waals surface area contributed by atoms with E-state index in [9.17, 15) is 14.4 Å². The van der Waals surface area contributed by atoms with Crippen LogP contribution in [0.2, 0.25) is 0 Å². The lowest BCUT2D eigenvalue weighted by Gasteiger charge is -2.32. The Morgan fingerprint density at radius 1 is 1.32 bits per heavy atom. The molecule has 1 saturated heterocycles. The van der Waals surface area contributed by atoms with Gasteiger partial charge in [0.1, 0.15) is 12.6 Å². The van der Waals surface area contributed by atoms with Crippen LogP contribution in [0, 0.1) is 5.41 Å². The summed E-state index contributed by atoms with van der Waals surface area (Å²) in [5, 5.41) is 8.71. The molecular weight excluding hydrogens is 248 g/mol. The van der Waals surface area contributed by atoms with Crippen molar-refractivity contribution >= 4 is 17.8 Å². The quantitative estimate of drug-likeness (QED) is 0.813. The van der Waals surface area contributed by atoms with E-state index in [1.54, 1.807) is 4.90 Å². The maximum atomic E-state index is 12.3. The van der Waals surface area contributed by atoms with Crippen molar-refractivity contribution < 1.29 is 19.5 Å². The lowest BCUT2D eigenvalue weighted by atomic mass is 9.94. The number of rotatable bonds is 3. The number of likely N-dealkylation sites (tertiary alicyclic amines) is 1. The van der Waals surface area contributed by atoms with E-state index in [0.29, 0.717) is 13.0 Å². The van der Waals surface area contributed by atoms with Gasteiger partial charge < -0.3 is 14.9 Å². The van der Waals surface area contributed by atoms with E-state index in [4.69, 9.17) is 5.11 Å². The molecule has 1 rings (SSSR count). The van der Waals surface area contributed by atoms with Crippen LogP contribution in [-0.2, 0) is 14.4 Å². The number of carboxylic acids is 1. The van der Waals surface area contributed by atoms with Gasteiger partial charge >= 0.3 is 5.97 Å². The monoisotopic (exact) mass is 270 g/mol. The Morgan fingerprint density at radius 3 is 2.37 bits per heavy atom. The molecule has 1 N–H and O–H groups in total. The predicted octanol–water partition coefficient (Wildman–Crippen LogP) is 0.566. The van der Waals surface area contributed by atoms with E-state index >= 15 is 0 Å². The number of aliphatic carboxylic acids is 1. The maximum Gasteiger partial charge on any atom is 0.323 e. The summed E-state index contributed by atoms with van der Waals surface area (Å²) in [7, 11) is 1.45. The Morgan fingerprint density at radius 2 is 1.89 bits per heavy atom. The molecule has 1 heterocycles. The van der Waals surface area contributed by atoms with Gasteiger partial charge in [0, 0.05) is 19.0 Å². The molecule has 0 spiro atoms. The second-order valence-electron chi connectivity index (χ2n) is 5.99. The smallest absolute Gasteiger partial charge is 0.323 e. The Bertz CT molecular complexity index is 387. The third-order valence-electron chi connectivity index (χ3n) is 3.19. The Labute approximate surface area is 113 Å². The minimum Gasteiger partial charge on any atom is -0.480 e. The molecule has 6 heteroatoms. The molecule has 1 aliphatic heterocycles. The van der Waals surface area contributed by atoms with Crippen molar-refractivity contribution in [1.82, 2.24) is 9.80 Å². The molecule has 108 valence electrons. The number of carbonyl (C=O) groups excluding carboxylic acids is 2. The molecule has 2 amide bonds. The lowest BCUT2D eigenvalue weighted by molar-refractivity contribution is -0.150. The highest BCUT2D eigenvalue weighted by molar-refractivity contribution is 5.91. The molecule has 0 aromatic carbocycles. The molecule has 1 atom stereocenters. The van der Waals surface area contributed by atoms with Gasteiger partial charge in [-0.3, -0.25) is 14.4 Å². The molecule has 19 heavy (non-hydrogen) atoms. The van der Waals surface area contributed by atoms with Crippen LogP contribution in [0.4, 0.5) is 0 Å². The summed E-state index contributed by atoms with van der Waals surface area (Å²) >= 11 is 0. The Kier molecular flexibility index (Phi) is 4.55. The Hall–Kier alpha value is -1.59. The van der Waals surface area contributed by atoms with E-state index in [1.165, 1.54) is 11.9 Å². The average molecular weight is 270 g/mol. The molecule has 1 aliphatic rings. The summed E-state index contributed by atoms with van der Waals surface area (Å²) in [5.74, 6) is -1.41. The Balaban J connectivity index is 2.79. The zero-order valence-corrected chi connectivity index (χ0v) is 12.0. The van der Waals surface area contributed by atoms with E-state index in [-0.39, 0.29) is 18.4 Å². The van der Waals surface area contributed by atoms with Crippen molar-refractivity contribution in [3.05, 3.63) is 0 Å². The first-order valence-electron chi connectivity index (χ1n) is 6.42. The number of hydrogen-bond acceptors (Lipinski definition) is 3. The normalized spacial score (nSPS) is 19.4. The number of amides is 2. The van der Waals surface area contributed by atoms with Crippen LogP contribution in [0.25, 0.3) is 0 Å². The van der Waals surface area contributed by atoms with E-state index < -0.39 is 17.4 Å². The van der Waals surface area contributed by atoms with Crippen LogP contribution < -0.4 is 0 Å². The first-order valence-corrected chi connectivity index (χ1v) is 6.42. The highest BCUT2D eigenvalue weighted by Crippen LogP contribution is 2.26. The third-order valence-corrected chi connectivity index (χ3v) is 3.19. The van der Waals surface area contributed by atoms with Gasteiger partial charge in [-0.2, -0.15) is 0 Å². The molecular formula is C13H22N2O4. The van der Waals surface area contributed by atoms with Gasteiger partial charge in [-0.05, 0) is 12.8 Å². The highest BCUT2D eigenvalue weighted by atomic mass is 16.4. The minimum absolute atomic E-state index is 0.0629.